The van der Waals surface area contributed by atoms with E-state index in [1.165, 1.54) is 6.92 Å². The highest BCUT2D eigenvalue weighted by molar-refractivity contribution is 6.24. The van der Waals surface area contributed by atoms with Crippen molar-refractivity contribution in [3.05, 3.63) is 35.4 Å². The monoisotopic (exact) mass is 248 g/mol. The number of halogens is 4. The van der Waals surface area contributed by atoms with Crippen LogP contribution in [0.15, 0.2) is 24.3 Å². The molecule has 2 unspecified atom stereocenters. The topological polar surface area (TPSA) is 0 Å². The van der Waals surface area contributed by atoms with Gasteiger partial charge >= 0.3 is 6.18 Å². The minimum Gasteiger partial charge on any atom is -0.171 e. The third kappa shape index (κ3) is 1.81. The van der Waals surface area contributed by atoms with Gasteiger partial charge < -0.3 is 0 Å². The first-order valence-electron chi connectivity index (χ1n) is 5.17. The van der Waals surface area contributed by atoms with Crippen LogP contribution in [0.25, 0.3) is 0 Å². The number of hydrogen-bond acceptors (Lipinski definition) is 0. The van der Waals surface area contributed by atoms with E-state index < -0.39 is 17.0 Å². The summed E-state index contributed by atoms with van der Waals surface area (Å²) in [6.45, 7) is 1.46. The van der Waals surface area contributed by atoms with E-state index >= 15 is 0 Å². The Labute approximate surface area is 97.4 Å². The summed E-state index contributed by atoms with van der Waals surface area (Å²) in [7, 11) is 0. The predicted molar refractivity (Wildman–Crippen MR) is 57.5 cm³/mol. The molecule has 88 valence electrons. The fraction of sp³-hybridized carbons (Fsp3) is 0.500. The van der Waals surface area contributed by atoms with Gasteiger partial charge in [0.1, 0.15) is 0 Å². The van der Waals surface area contributed by atoms with Crippen molar-refractivity contribution in [1.29, 1.82) is 0 Å². The van der Waals surface area contributed by atoms with Gasteiger partial charge in [0.05, 0.1) is 10.8 Å². The van der Waals surface area contributed by atoms with Gasteiger partial charge in [-0.15, -0.1) is 11.6 Å². The van der Waals surface area contributed by atoms with E-state index in [0.29, 0.717) is 12.0 Å². The highest BCUT2D eigenvalue weighted by Crippen LogP contribution is 2.51. The fourth-order valence-corrected chi connectivity index (χ4v) is 2.86. The number of benzene rings is 1. The minimum atomic E-state index is -4.23. The molecule has 0 bridgehead atoms. The number of hydrogen-bond donors (Lipinski definition) is 0. The summed E-state index contributed by atoms with van der Waals surface area (Å²) < 4.78 is 38.5. The molecule has 0 N–H and O–H groups in total. The Morgan fingerprint density at radius 1 is 1.31 bits per heavy atom. The molecule has 0 nitrogen and oxygen atoms in total. The van der Waals surface area contributed by atoms with E-state index in [-0.39, 0.29) is 6.42 Å². The van der Waals surface area contributed by atoms with Crippen molar-refractivity contribution in [3.63, 3.8) is 0 Å². The molecule has 0 heterocycles. The van der Waals surface area contributed by atoms with Crippen molar-refractivity contribution in [2.45, 2.75) is 30.8 Å². The second-order valence-electron chi connectivity index (χ2n) is 4.37. The van der Waals surface area contributed by atoms with Crippen molar-refractivity contribution < 1.29 is 13.2 Å². The smallest absolute Gasteiger partial charge is 0.171 e. The van der Waals surface area contributed by atoms with Crippen LogP contribution in [0.1, 0.15) is 24.5 Å². The molecule has 1 aliphatic rings. The van der Waals surface area contributed by atoms with Crippen molar-refractivity contribution >= 4 is 11.6 Å². The SMILES string of the molecule is CC1(Cl)c2ccccc2CCC1C(F)(F)F. The maximum absolute atomic E-state index is 12.8. The van der Waals surface area contributed by atoms with Crippen LogP contribution in [0.5, 0.6) is 0 Å². The number of aryl methyl sites for hydroxylation is 1. The molecule has 4 heteroatoms. The lowest BCUT2D eigenvalue weighted by Gasteiger charge is -2.39. The van der Waals surface area contributed by atoms with E-state index in [9.17, 15) is 13.2 Å². The lowest BCUT2D eigenvalue weighted by molar-refractivity contribution is -0.187. The Kier molecular flexibility index (Phi) is 2.69. The summed E-state index contributed by atoms with van der Waals surface area (Å²) in [5.74, 6) is -1.46. The predicted octanol–water partition coefficient (Wildman–Crippen LogP) is 4.27. The average Bonchev–Trinajstić information content (AvgIpc) is 2.15. The Morgan fingerprint density at radius 2 is 1.94 bits per heavy atom. The van der Waals surface area contributed by atoms with Gasteiger partial charge in [-0.3, -0.25) is 0 Å². The average molecular weight is 249 g/mol. The summed E-state index contributed by atoms with van der Waals surface area (Å²) in [6, 6.07) is 7.11. The molecule has 1 aliphatic carbocycles. The molecule has 0 aliphatic heterocycles. The molecule has 0 radical (unpaired) electrons. The number of rotatable bonds is 0. The first-order valence-corrected chi connectivity index (χ1v) is 5.55. The molecule has 0 fully saturated rings. The Morgan fingerprint density at radius 3 is 2.56 bits per heavy atom. The molecular formula is C12H12ClF3. The zero-order valence-corrected chi connectivity index (χ0v) is 9.57. The van der Waals surface area contributed by atoms with Gasteiger partial charge in [0.15, 0.2) is 0 Å². The molecule has 0 aromatic heterocycles. The van der Waals surface area contributed by atoms with Gasteiger partial charge in [0.25, 0.3) is 0 Å². The van der Waals surface area contributed by atoms with Crippen LogP contribution in [-0.2, 0) is 11.3 Å². The van der Waals surface area contributed by atoms with Crippen LogP contribution >= 0.6 is 11.6 Å². The standard InChI is InChI=1S/C12H12ClF3/c1-11(13)9-5-3-2-4-8(9)6-7-10(11)12(14,15)16/h2-5,10H,6-7H2,1H3. The van der Waals surface area contributed by atoms with E-state index in [2.05, 4.69) is 0 Å². The summed E-state index contributed by atoms with van der Waals surface area (Å²) in [5.41, 5.74) is 1.55. The number of alkyl halides is 4. The Balaban J connectivity index is 2.47. The van der Waals surface area contributed by atoms with Gasteiger partial charge in [-0.1, -0.05) is 24.3 Å². The third-order valence-electron chi connectivity index (χ3n) is 3.30. The van der Waals surface area contributed by atoms with Gasteiger partial charge in [0.2, 0.25) is 0 Å². The summed E-state index contributed by atoms with van der Waals surface area (Å²) >= 11 is 6.13. The van der Waals surface area contributed by atoms with E-state index in [1.807, 2.05) is 12.1 Å². The Hall–Kier alpha value is -0.700. The quantitative estimate of drug-likeness (QED) is 0.602. The molecule has 0 saturated carbocycles. The van der Waals surface area contributed by atoms with E-state index in [4.69, 9.17) is 11.6 Å². The van der Waals surface area contributed by atoms with Crippen LogP contribution in [0.4, 0.5) is 13.2 Å². The van der Waals surface area contributed by atoms with Crippen LogP contribution in [0, 0.1) is 5.92 Å². The second kappa shape index (κ2) is 3.66. The zero-order valence-electron chi connectivity index (χ0n) is 8.81. The summed E-state index contributed by atoms with van der Waals surface area (Å²) in [5, 5.41) is 0. The van der Waals surface area contributed by atoms with Crippen molar-refractivity contribution in [1.82, 2.24) is 0 Å². The van der Waals surface area contributed by atoms with Crippen molar-refractivity contribution in [2.24, 2.45) is 5.92 Å². The molecule has 0 amide bonds. The molecule has 1 aromatic rings. The lowest BCUT2D eigenvalue weighted by atomic mass is 9.75. The van der Waals surface area contributed by atoms with Crippen molar-refractivity contribution in [2.75, 3.05) is 0 Å². The van der Waals surface area contributed by atoms with Crippen LogP contribution < -0.4 is 0 Å². The minimum absolute atomic E-state index is 0.0700. The van der Waals surface area contributed by atoms with Crippen molar-refractivity contribution in [3.8, 4) is 0 Å². The third-order valence-corrected chi connectivity index (χ3v) is 3.76. The summed E-state index contributed by atoms with van der Waals surface area (Å²) in [6.07, 6.45) is -3.72. The van der Waals surface area contributed by atoms with E-state index in [0.717, 1.165) is 5.56 Å². The van der Waals surface area contributed by atoms with Gasteiger partial charge in [-0.25, -0.2) is 0 Å². The molecule has 0 spiro atoms. The van der Waals surface area contributed by atoms with Crippen LogP contribution in [0.3, 0.4) is 0 Å². The molecule has 16 heavy (non-hydrogen) atoms. The summed E-state index contributed by atoms with van der Waals surface area (Å²) in [4.78, 5) is -1.34. The molecule has 2 rings (SSSR count). The highest BCUT2D eigenvalue weighted by Gasteiger charge is 2.53. The van der Waals surface area contributed by atoms with Gasteiger partial charge in [-0.05, 0) is 30.9 Å². The molecule has 2 atom stereocenters. The maximum atomic E-state index is 12.8. The molecule has 1 aromatic carbocycles. The molecule has 0 saturated heterocycles. The largest absolute Gasteiger partial charge is 0.393 e. The van der Waals surface area contributed by atoms with Crippen LogP contribution in [-0.4, -0.2) is 6.18 Å². The van der Waals surface area contributed by atoms with Crippen LogP contribution in [0.2, 0.25) is 0 Å². The zero-order chi connectivity index (χ0) is 12.0. The normalized spacial score (nSPS) is 29.9. The first kappa shape index (κ1) is 11.8. The second-order valence-corrected chi connectivity index (χ2v) is 5.15. The molecular weight excluding hydrogens is 237 g/mol. The highest BCUT2D eigenvalue weighted by atomic mass is 35.5. The van der Waals surface area contributed by atoms with Gasteiger partial charge in [-0.2, -0.15) is 13.2 Å². The van der Waals surface area contributed by atoms with Gasteiger partial charge in [0, 0.05) is 0 Å². The lowest BCUT2D eigenvalue weighted by Crippen LogP contribution is -2.41. The fourth-order valence-electron chi connectivity index (χ4n) is 2.44. The van der Waals surface area contributed by atoms with E-state index in [1.54, 1.807) is 12.1 Å². The Bertz CT molecular complexity index is 395. The first-order chi connectivity index (χ1) is 7.33. The number of fused-ring (bicyclic) bond motifs is 1. The maximum Gasteiger partial charge on any atom is 0.393 e.